The molecule has 5 nitrogen and oxygen atoms in total. The van der Waals surface area contributed by atoms with Crippen molar-refractivity contribution in [3.8, 4) is 0 Å². The highest BCUT2D eigenvalue weighted by molar-refractivity contribution is 5.21. The first-order valence-electron chi connectivity index (χ1n) is 4.45. The molecule has 5 heteroatoms. The largest absolute Gasteiger partial charge is 0.436 e. The number of aliphatic hydroxyl groups excluding tert-OH is 1. The quantitative estimate of drug-likeness (QED) is 0.774. The Balaban J connectivity index is 2.36. The zero-order valence-electron chi connectivity index (χ0n) is 8.12. The Morgan fingerprint density at radius 3 is 2.60 bits per heavy atom. The Labute approximate surface area is 85.6 Å². The van der Waals surface area contributed by atoms with Crippen molar-refractivity contribution in [1.82, 2.24) is 9.78 Å². The van der Waals surface area contributed by atoms with Crippen LogP contribution in [0.3, 0.4) is 0 Å². The fourth-order valence-electron chi connectivity index (χ4n) is 1.25. The van der Waals surface area contributed by atoms with Crippen molar-refractivity contribution in [2.24, 2.45) is 7.05 Å². The minimum atomic E-state index is -1.000. The van der Waals surface area contributed by atoms with Crippen LogP contribution in [0.15, 0.2) is 39.5 Å². The maximum Gasteiger partial charge on any atom is 0.436 e. The molecule has 1 aromatic carbocycles. The molecule has 78 valence electrons. The van der Waals surface area contributed by atoms with Gasteiger partial charge >= 0.3 is 5.76 Å². The standard InChI is InChI=1S/C10H10N2O3/c1-12-10(14)15-9(11-12)8(13)7-5-3-2-4-6-7/h2-6,8,13H,1H3. The van der Waals surface area contributed by atoms with Crippen molar-refractivity contribution in [3.05, 3.63) is 52.3 Å². The topological polar surface area (TPSA) is 68.3 Å². The molecule has 0 aliphatic heterocycles. The van der Waals surface area contributed by atoms with E-state index in [1.807, 2.05) is 6.07 Å². The van der Waals surface area contributed by atoms with Crippen LogP contribution < -0.4 is 5.76 Å². The molecule has 1 aromatic heterocycles. The van der Waals surface area contributed by atoms with E-state index in [2.05, 4.69) is 5.10 Å². The van der Waals surface area contributed by atoms with E-state index >= 15 is 0 Å². The monoisotopic (exact) mass is 206 g/mol. The molecule has 0 spiro atoms. The highest BCUT2D eigenvalue weighted by atomic mass is 16.4. The molecule has 2 aromatic rings. The summed E-state index contributed by atoms with van der Waals surface area (Å²) in [6.07, 6.45) is -1.000. The molecule has 0 bridgehead atoms. The first-order valence-corrected chi connectivity index (χ1v) is 4.45. The maximum absolute atomic E-state index is 11.0. The number of benzene rings is 1. The number of rotatable bonds is 2. The van der Waals surface area contributed by atoms with Crippen LogP contribution in [0, 0.1) is 0 Å². The zero-order chi connectivity index (χ0) is 10.8. The number of hydrogen-bond acceptors (Lipinski definition) is 4. The summed E-state index contributed by atoms with van der Waals surface area (Å²) in [4.78, 5) is 11.0. The van der Waals surface area contributed by atoms with E-state index in [-0.39, 0.29) is 5.89 Å². The van der Waals surface area contributed by atoms with Crippen LogP contribution >= 0.6 is 0 Å². The first kappa shape index (κ1) is 9.67. The van der Waals surface area contributed by atoms with E-state index < -0.39 is 11.9 Å². The van der Waals surface area contributed by atoms with Crippen LogP contribution in [-0.4, -0.2) is 14.9 Å². The van der Waals surface area contributed by atoms with Gasteiger partial charge in [0.25, 0.3) is 5.89 Å². The van der Waals surface area contributed by atoms with Gasteiger partial charge in [0.2, 0.25) is 0 Å². The molecule has 0 saturated carbocycles. The summed E-state index contributed by atoms with van der Waals surface area (Å²) in [7, 11) is 1.47. The predicted octanol–water partition coefficient (Wildman–Crippen LogP) is 0.455. The molecule has 0 fully saturated rings. The average molecular weight is 206 g/mol. The number of aliphatic hydroxyl groups is 1. The molecule has 0 aliphatic rings. The summed E-state index contributed by atoms with van der Waals surface area (Å²) in [5.74, 6) is -0.575. The highest BCUT2D eigenvalue weighted by Crippen LogP contribution is 2.18. The van der Waals surface area contributed by atoms with Crippen molar-refractivity contribution < 1.29 is 9.52 Å². The van der Waals surface area contributed by atoms with E-state index in [0.29, 0.717) is 5.56 Å². The second kappa shape index (κ2) is 3.70. The Morgan fingerprint density at radius 2 is 2.07 bits per heavy atom. The third kappa shape index (κ3) is 1.82. The molecule has 0 saturated heterocycles. The summed E-state index contributed by atoms with van der Waals surface area (Å²) in [5, 5.41) is 13.6. The second-order valence-corrected chi connectivity index (χ2v) is 3.14. The van der Waals surface area contributed by atoms with Crippen molar-refractivity contribution in [1.29, 1.82) is 0 Å². The Morgan fingerprint density at radius 1 is 1.40 bits per heavy atom. The molecule has 0 radical (unpaired) electrons. The van der Waals surface area contributed by atoms with Gasteiger partial charge in [-0.15, -0.1) is 5.10 Å². The average Bonchev–Trinajstić information content (AvgIpc) is 2.59. The summed E-state index contributed by atoms with van der Waals surface area (Å²) in [6, 6.07) is 8.89. The first-order chi connectivity index (χ1) is 7.18. The number of aromatic nitrogens is 2. The summed E-state index contributed by atoms with van der Waals surface area (Å²) >= 11 is 0. The van der Waals surface area contributed by atoms with Crippen molar-refractivity contribution in [2.45, 2.75) is 6.10 Å². The fraction of sp³-hybridized carbons (Fsp3) is 0.200. The van der Waals surface area contributed by atoms with E-state index in [9.17, 15) is 9.90 Å². The lowest BCUT2D eigenvalue weighted by Gasteiger charge is -2.04. The second-order valence-electron chi connectivity index (χ2n) is 3.14. The molecule has 0 aliphatic carbocycles. The molecular weight excluding hydrogens is 196 g/mol. The van der Waals surface area contributed by atoms with Gasteiger partial charge in [-0.3, -0.25) is 0 Å². The lowest BCUT2D eigenvalue weighted by molar-refractivity contribution is 0.180. The van der Waals surface area contributed by atoms with Crippen LogP contribution in [0.25, 0.3) is 0 Å². The van der Waals surface area contributed by atoms with Gasteiger partial charge in [0, 0.05) is 7.05 Å². The molecule has 2 rings (SSSR count). The van der Waals surface area contributed by atoms with Crippen molar-refractivity contribution in [3.63, 3.8) is 0 Å². The molecule has 15 heavy (non-hydrogen) atoms. The Kier molecular flexibility index (Phi) is 2.39. The lowest BCUT2D eigenvalue weighted by Crippen LogP contribution is -2.09. The van der Waals surface area contributed by atoms with Crippen LogP contribution in [0.2, 0.25) is 0 Å². The predicted molar refractivity (Wildman–Crippen MR) is 52.2 cm³/mol. The molecule has 1 heterocycles. The Bertz CT molecular complexity index is 501. The fourth-order valence-corrected chi connectivity index (χ4v) is 1.25. The van der Waals surface area contributed by atoms with E-state index in [1.54, 1.807) is 24.3 Å². The Hall–Kier alpha value is -1.88. The van der Waals surface area contributed by atoms with Gasteiger partial charge in [-0.05, 0) is 5.56 Å². The van der Waals surface area contributed by atoms with E-state index in [0.717, 1.165) is 4.68 Å². The number of hydrogen-bond donors (Lipinski definition) is 1. The molecule has 0 amide bonds. The summed E-state index contributed by atoms with van der Waals surface area (Å²) < 4.78 is 5.82. The van der Waals surface area contributed by atoms with Gasteiger partial charge in [0.15, 0.2) is 6.10 Å². The zero-order valence-corrected chi connectivity index (χ0v) is 8.12. The molecule has 1 atom stereocenters. The third-order valence-electron chi connectivity index (χ3n) is 2.05. The molecule has 1 N–H and O–H groups in total. The van der Waals surface area contributed by atoms with Gasteiger partial charge in [-0.1, -0.05) is 30.3 Å². The van der Waals surface area contributed by atoms with Gasteiger partial charge in [0.1, 0.15) is 0 Å². The number of nitrogens with zero attached hydrogens (tertiary/aromatic N) is 2. The normalized spacial score (nSPS) is 12.7. The lowest BCUT2D eigenvalue weighted by atomic mass is 10.1. The minimum Gasteiger partial charge on any atom is -0.389 e. The van der Waals surface area contributed by atoms with Crippen LogP contribution in [0.1, 0.15) is 17.6 Å². The minimum absolute atomic E-state index is 0.00806. The molecular formula is C10H10N2O3. The van der Waals surface area contributed by atoms with Crippen LogP contribution in [0.5, 0.6) is 0 Å². The maximum atomic E-state index is 11.0. The van der Waals surface area contributed by atoms with Gasteiger partial charge in [-0.25, -0.2) is 4.79 Å². The van der Waals surface area contributed by atoms with Gasteiger partial charge in [-0.2, -0.15) is 4.68 Å². The van der Waals surface area contributed by atoms with Gasteiger partial charge in [0.05, 0.1) is 0 Å². The summed E-state index contributed by atoms with van der Waals surface area (Å²) in [6.45, 7) is 0. The SMILES string of the molecule is Cn1nc(C(O)c2ccccc2)oc1=O. The van der Waals surface area contributed by atoms with Crippen molar-refractivity contribution in [2.75, 3.05) is 0 Å². The van der Waals surface area contributed by atoms with Crippen LogP contribution in [0.4, 0.5) is 0 Å². The van der Waals surface area contributed by atoms with Crippen LogP contribution in [-0.2, 0) is 7.05 Å². The third-order valence-corrected chi connectivity index (χ3v) is 2.05. The smallest absolute Gasteiger partial charge is 0.389 e. The number of aryl methyl sites for hydroxylation is 1. The van der Waals surface area contributed by atoms with E-state index in [4.69, 9.17) is 4.42 Å². The molecule has 1 unspecified atom stereocenters. The van der Waals surface area contributed by atoms with Crippen molar-refractivity contribution >= 4 is 0 Å². The summed E-state index contributed by atoms with van der Waals surface area (Å²) in [5.41, 5.74) is 0.638. The van der Waals surface area contributed by atoms with Gasteiger partial charge < -0.3 is 9.52 Å². The highest BCUT2D eigenvalue weighted by Gasteiger charge is 2.17. The van der Waals surface area contributed by atoms with E-state index in [1.165, 1.54) is 7.05 Å².